The molecule has 1 aliphatic rings. The molecule has 0 aromatic heterocycles. The van der Waals surface area contributed by atoms with Gasteiger partial charge in [0, 0.05) is 23.5 Å². The second-order valence-corrected chi connectivity index (χ2v) is 7.51. The number of amides is 1. The average Bonchev–Trinajstić information content (AvgIpc) is 2.44. The van der Waals surface area contributed by atoms with Gasteiger partial charge in [-0.1, -0.05) is 20.8 Å². The summed E-state index contributed by atoms with van der Waals surface area (Å²) >= 11 is 1.86. The Hall–Kier alpha value is -0.510. The minimum Gasteiger partial charge on any atom is -0.332 e. The number of nitrogens with zero attached hydrogens (tertiary/aromatic N) is 1. The van der Waals surface area contributed by atoms with E-state index in [1.807, 2.05) is 11.8 Å². The summed E-state index contributed by atoms with van der Waals surface area (Å²) in [7, 11) is 0. The third kappa shape index (κ3) is 3.51. The molecule has 1 heterocycles. The number of thioether (sulfide) groups is 1. The molecule has 1 rings (SSSR count). The zero-order chi connectivity index (χ0) is 12.5. The third-order valence-corrected chi connectivity index (χ3v) is 4.04. The standard InChI is InChI=1S/C12H21NO2S/c1-8(14)11-6-10(16-12(3,4)5)7-13(11)9(2)15/h10-11H,6-7H2,1-5H3/t10-,11+/m1/s1. The van der Waals surface area contributed by atoms with Gasteiger partial charge in [0.25, 0.3) is 0 Å². The highest BCUT2D eigenvalue weighted by Crippen LogP contribution is 2.35. The number of carbonyl (C=O) groups excluding carboxylic acids is 2. The summed E-state index contributed by atoms with van der Waals surface area (Å²) in [6, 6.07) is -0.197. The van der Waals surface area contributed by atoms with Gasteiger partial charge in [0.15, 0.2) is 5.78 Å². The van der Waals surface area contributed by atoms with E-state index in [0.717, 1.165) is 6.42 Å². The third-order valence-electron chi connectivity index (χ3n) is 2.66. The minimum atomic E-state index is -0.197. The van der Waals surface area contributed by atoms with Crippen LogP contribution in [0.15, 0.2) is 0 Å². The topological polar surface area (TPSA) is 37.4 Å². The Morgan fingerprint density at radius 3 is 2.12 bits per heavy atom. The lowest BCUT2D eigenvalue weighted by Crippen LogP contribution is -2.38. The van der Waals surface area contributed by atoms with E-state index in [9.17, 15) is 9.59 Å². The van der Waals surface area contributed by atoms with E-state index >= 15 is 0 Å². The molecule has 0 saturated carbocycles. The van der Waals surface area contributed by atoms with Crippen molar-refractivity contribution in [3.05, 3.63) is 0 Å². The Morgan fingerprint density at radius 2 is 1.81 bits per heavy atom. The smallest absolute Gasteiger partial charge is 0.220 e. The number of likely N-dealkylation sites (tertiary alicyclic amines) is 1. The van der Waals surface area contributed by atoms with Crippen molar-refractivity contribution < 1.29 is 9.59 Å². The van der Waals surface area contributed by atoms with E-state index in [2.05, 4.69) is 20.8 Å². The van der Waals surface area contributed by atoms with Crippen LogP contribution in [0.2, 0.25) is 0 Å². The second kappa shape index (κ2) is 4.78. The van der Waals surface area contributed by atoms with E-state index in [4.69, 9.17) is 0 Å². The molecule has 0 aromatic carbocycles. The van der Waals surface area contributed by atoms with Gasteiger partial charge in [0.05, 0.1) is 6.04 Å². The van der Waals surface area contributed by atoms with Gasteiger partial charge in [-0.15, -0.1) is 0 Å². The van der Waals surface area contributed by atoms with Gasteiger partial charge in [-0.2, -0.15) is 11.8 Å². The first kappa shape index (κ1) is 13.6. The van der Waals surface area contributed by atoms with E-state index in [1.165, 1.54) is 0 Å². The van der Waals surface area contributed by atoms with Gasteiger partial charge in [0.1, 0.15) is 0 Å². The number of ketones is 1. The number of carbonyl (C=O) groups is 2. The molecule has 0 aromatic rings. The van der Waals surface area contributed by atoms with Gasteiger partial charge in [0.2, 0.25) is 5.91 Å². The molecule has 0 aliphatic carbocycles. The molecule has 1 saturated heterocycles. The van der Waals surface area contributed by atoms with Crippen LogP contribution < -0.4 is 0 Å². The van der Waals surface area contributed by atoms with Crippen LogP contribution in [0, 0.1) is 0 Å². The highest BCUT2D eigenvalue weighted by molar-refractivity contribution is 8.01. The first-order valence-electron chi connectivity index (χ1n) is 5.66. The van der Waals surface area contributed by atoms with Crippen molar-refractivity contribution in [1.29, 1.82) is 0 Å². The molecule has 4 heteroatoms. The van der Waals surface area contributed by atoms with Crippen LogP contribution >= 0.6 is 11.8 Å². The molecule has 2 atom stereocenters. The van der Waals surface area contributed by atoms with Gasteiger partial charge >= 0.3 is 0 Å². The predicted molar refractivity (Wildman–Crippen MR) is 67.6 cm³/mol. The Morgan fingerprint density at radius 1 is 1.25 bits per heavy atom. The van der Waals surface area contributed by atoms with Gasteiger partial charge in [-0.25, -0.2) is 0 Å². The maximum atomic E-state index is 11.5. The number of Topliss-reactive ketones (excluding diaryl/α,β-unsaturated/α-hetero) is 1. The fraction of sp³-hybridized carbons (Fsp3) is 0.833. The molecule has 1 aliphatic heterocycles. The lowest BCUT2D eigenvalue weighted by atomic mass is 10.1. The van der Waals surface area contributed by atoms with Gasteiger partial charge in [-0.05, 0) is 13.3 Å². The maximum Gasteiger partial charge on any atom is 0.220 e. The summed E-state index contributed by atoms with van der Waals surface area (Å²) < 4.78 is 0.179. The highest BCUT2D eigenvalue weighted by Gasteiger charge is 2.38. The molecule has 0 N–H and O–H groups in total. The van der Waals surface area contributed by atoms with Crippen molar-refractivity contribution in [2.24, 2.45) is 0 Å². The molecular weight excluding hydrogens is 222 g/mol. The molecule has 1 fully saturated rings. The molecule has 0 radical (unpaired) electrons. The monoisotopic (exact) mass is 243 g/mol. The first-order valence-corrected chi connectivity index (χ1v) is 6.54. The summed E-state index contributed by atoms with van der Waals surface area (Å²) in [6.07, 6.45) is 0.802. The van der Waals surface area contributed by atoms with Crippen LogP contribution in [0.1, 0.15) is 41.0 Å². The van der Waals surface area contributed by atoms with Crippen LogP contribution in [0.3, 0.4) is 0 Å². The van der Waals surface area contributed by atoms with Gasteiger partial charge < -0.3 is 4.90 Å². The van der Waals surface area contributed by atoms with E-state index in [1.54, 1.807) is 18.7 Å². The SMILES string of the molecule is CC(=O)[C@@H]1C[C@@H](SC(C)(C)C)CN1C(C)=O. The Bertz CT molecular complexity index is 274. The first-order chi connectivity index (χ1) is 7.20. The second-order valence-electron chi connectivity index (χ2n) is 5.39. The highest BCUT2D eigenvalue weighted by atomic mass is 32.2. The molecule has 1 amide bonds. The Kier molecular flexibility index (Phi) is 4.05. The molecular formula is C12H21NO2S. The number of hydrogen-bond donors (Lipinski definition) is 0. The summed E-state index contributed by atoms with van der Waals surface area (Å²) in [5.74, 6) is 0.115. The zero-order valence-electron chi connectivity index (χ0n) is 10.7. The van der Waals surface area contributed by atoms with E-state index in [0.29, 0.717) is 11.8 Å². The Balaban J connectivity index is 2.69. The Labute approximate surface area is 102 Å². The van der Waals surface area contributed by atoms with E-state index in [-0.39, 0.29) is 22.5 Å². The number of hydrogen-bond acceptors (Lipinski definition) is 3. The summed E-state index contributed by atoms with van der Waals surface area (Å²) in [6.45, 7) is 10.3. The van der Waals surface area contributed by atoms with Crippen molar-refractivity contribution in [3.8, 4) is 0 Å². The zero-order valence-corrected chi connectivity index (χ0v) is 11.6. The van der Waals surface area contributed by atoms with E-state index < -0.39 is 0 Å². The largest absolute Gasteiger partial charge is 0.332 e. The predicted octanol–water partition coefficient (Wildman–Crippen LogP) is 2.10. The lowest BCUT2D eigenvalue weighted by molar-refractivity contribution is -0.135. The summed E-state index contributed by atoms with van der Waals surface area (Å²) in [4.78, 5) is 24.6. The lowest BCUT2D eigenvalue weighted by Gasteiger charge is -2.22. The molecule has 0 unspecified atom stereocenters. The van der Waals surface area contributed by atoms with Crippen molar-refractivity contribution in [2.75, 3.05) is 6.54 Å². The molecule has 92 valence electrons. The fourth-order valence-electron chi connectivity index (χ4n) is 2.12. The van der Waals surface area contributed by atoms with Crippen molar-refractivity contribution in [2.45, 2.75) is 57.1 Å². The van der Waals surface area contributed by atoms with Crippen LogP contribution in [0.4, 0.5) is 0 Å². The van der Waals surface area contributed by atoms with Crippen molar-refractivity contribution >= 4 is 23.5 Å². The molecule has 0 bridgehead atoms. The maximum absolute atomic E-state index is 11.5. The molecule has 3 nitrogen and oxygen atoms in total. The summed E-state index contributed by atoms with van der Waals surface area (Å²) in [5.41, 5.74) is 0. The quantitative estimate of drug-likeness (QED) is 0.745. The van der Waals surface area contributed by atoms with Gasteiger partial charge in [-0.3, -0.25) is 9.59 Å². The fourth-order valence-corrected chi connectivity index (χ4v) is 3.63. The van der Waals surface area contributed by atoms with Crippen LogP contribution in [-0.4, -0.2) is 39.2 Å². The summed E-state index contributed by atoms with van der Waals surface area (Å²) in [5, 5.41) is 0.387. The molecule has 0 spiro atoms. The minimum absolute atomic E-state index is 0.0113. The van der Waals surface area contributed by atoms with Crippen LogP contribution in [0.5, 0.6) is 0 Å². The van der Waals surface area contributed by atoms with Crippen molar-refractivity contribution in [1.82, 2.24) is 4.90 Å². The normalized spacial score (nSPS) is 25.9. The number of rotatable bonds is 2. The van der Waals surface area contributed by atoms with Crippen LogP contribution in [-0.2, 0) is 9.59 Å². The van der Waals surface area contributed by atoms with Crippen LogP contribution in [0.25, 0.3) is 0 Å². The molecule has 16 heavy (non-hydrogen) atoms. The average molecular weight is 243 g/mol. The van der Waals surface area contributed by atoms with Crippen molar-refractivity contribution in [3.63, 3.8) is 0 Å².